The van der Waals surface area contributed by atoms with Gasteiger partial charge in [0.25, 0.3) is 6.43 Å². The maximum atomic E-state index is 13.0. The lowest BCUT2D eigenvalue weighted by molar-refractivity contribution is 0.122. The molecule has 4 rings (SSSR count). The molecule has 0 radical (unpaired) electrons. The van der Waals surface area contributed by atoms with Crippen molar-refractivity contribution in [2.45, 2.75) is 6.43 Å². The number of alkyl halides is 2. The first-order valence-corrected chi connectivity index (χ1v) is 8.14. The Morgan fingerprint density at radius 1 is 1.16 bits per heavy atom. The molecule has 3 aromatic rings. The lowest BCUT2D eigenvalue weighted by Crippen LogP contribution is -2.37. The van der Waals surface area contributed by atoms with Crippen LogP contribution in [0.15, 0.2) is 24.3 Å². The van der Waals surface area contributed by atoms with Crippen molar-refractivity contribution >= 4 is 28.6 Å². The topological polar surface area (TPSA) is 66.9 Å². The smallest absolute Gasteiger partial charge is 0.295 e. The number of benzene rings is 1. The fourth-order valence-electron chi connectivity index (χ4n) is 2.81. The number of nitrogens with zero attached hydrogens (tertiary/aromatic N) is 4. The van der Waals surface area contributed by atoms with Crippen LogP contribution >= 0.6 is 11.6 Å². The summed E-state index contributed by atoms with van der Waals surface area (Å²) < 4.78 is 31.2. The molecule has 0 atom stereocenters. The Balaban J connectivity index is 1.81. The number of ether oxygens (including phenoxy) is 1. The lowest BCUT2D eigenvalue weighted by Gasteiger charge is -2.27. The van der Waals surface area contributed by atoms with Crippen molar-refractivity contribution in [3.05, 3.63) is 35.2 Å². The average Bonchev–Trinajstić information content (AvgIpc) is 3.06. The second-order valence-electron chi connectivity index (χ2n) is 5.60. The first-order valence-electron chi connectivity index (χ1n) is 7.76. The Morgan fingerprint density at radius 2 is 1.96 bits per heavy atom. The van der Waals surface area contributed by atoms with E-state index in [0.717, 1.165) is 0 Å². The molecule has 25 heavy (non-hydrogen) atoms. The number of hydrogen-bond donors (Lipinski definition) is 1. The van der Waals surface area contributed by atoms with E-state index in [9.17, 15) is 8.78 Å². The van der Waals surface area contributed by atoms with Crippen LogP contribution < -0.4 is 4.90 Å². The van der Waals surface area contributed by atoms with E-state index >= 15 is 0 Å². The first kappa shape index (κ1) is 16.2. The number of H-pyrrole nitrogens is 1. The van der Waals surface area contributed by atoms with Crippen molar-refractivity contribution in [3.63, 3.8) is 0 Å². The Labute approximate surface area is 146 Å². The molecule has 9 heteroatoms. The molecule has 3 heterocycles. The molecule has 1 N–H and O–H groups in total. The van der Waals surface area contributed by atoms with Crippen LogP contribution in [0.2, 0.25) is 5.15 Å². The summed E-state index contributed by atoms with van der Waals surface area (Å²) in [6.45, 7) is 2.53. The molecule has 0 aliphatic carbocycles. The van der Waals surface area contributed by atoms with Crippen molar-refractivity contribution in [1.29, 1.82) is 0 Å². The van der Waals surface area contributed by atoms with Crippen LogP contribution in [0.5, 0.6) is 0 Å². The summed E-state index contributed by atoms with van der Waals surface area (Å²) in [6, 6.07) is 6.84. The highest BCUT2D eigenvalue weighted by Crippen LogP contribution is 2.30. The Hall–Kier alpha value is -2.32. The minimum absolute atomic E-state index is 0.285. The summed E-state index contributed by atoms with van der Waals surface area (Å²) in [4.78, 5) is 17.5. The zero-order chi connectivity index (χ0) is 17.4. The third-order valence-corrected chi connectivity index (χ3v) is 4.18. The predicted octanol–water partition coefficient (Wildman–Crippen LogP) is 3.45. The molecule has 0 spiro atoms. The summed E-state index contributed by atoms with van der Waals surface area (Å²) in [5, 5.41) is 0.285. The molecule has 1 saturated heterocycles. The third-order valence-electron chi connectivity index (χ3n) is 3.99. The van der Waals surface area contributed by atoms with Gasteiger partial charge in [0.15, 0.2) is 5.82 Å². The molecule has 1 aromatic carbocycles. The van der Waals surface area contributed by atoms with Gasteiger partial charge in [-0.1, -0.05) is 23.7 Å². The molecule has 1 aliphatic rings. The number of morpholine rings is 1. The van der Waals surface area contributed by atoms with Gasteiger partial charge in [-0.3, -0.25) is 0 Å². The number of halogens is 3. The second kappa shape index (κ2) is 6.53. The van der Waals surface area contributed by atoms with Gasteiger partial charge in [-0.15, -0.1) is 0 Å². The van der Waals surface area contributed by atoms with Gasteiger partial charge in [0.1, 0.15) is 5.15 Å². The second-order valence-corrected chi connectivity index (χ2v) is 5.99. The normalized spacial score (nSPS) is 15.3. The summed E-state index contributed by atoms with van der Waals surface area (Å²) in [5.41, 5.74) is 2.12. The predicted molar refractivity (Wildman–Crippen MR) is 90.1 cm³/mol. The monoisotopic (exact) mass is 365 g/mol. The summed E-state index contributed by atoms with van der Waals surface area (Å²) in [7, 11) is 0. The zero-order valence-corrected chi connectivity index (χ0v) is 13.8. The van der Waals surface area contributed by atoms with Gasteiger partial charge >= 0.3 is 0 Å². The minimum Gasteiger partial charge on any atom is -0.378 e. The van der Waals surface area contributed by atoms with Crippen LogP contribution in [-0.4, -0.2) is 46.2 Å². The average molecular weight is 366 g/mol. The molecule has 1 aliphatic heterocycles. The van der Waals surface area contributed by atoms with Crippen LogP contribution in [0.3, 0.4) is 0 Å². The third kappa shape index (κ3) is 3.14. The summed E-state index contributed by atoms with van der Waals surface area (Å²) >= 11 is 6.17. The SMILES string of the molecule is FC(F)c1nc2c(-c3cc(Cl)nc(N4CCOCC4)n3)cccc2[nH]1. The maximum Gasteiger partial charge on any atom is 0.295 e. The highest BCUT2D eigenvalue weighted by molar-refractivity contribution is 6.29. The molecule has 0 amide bonds. The van der Waals surface area contributed by atoms with Gasteiger partial charge < -0.3 is 14.6 Å². The van der Waals surface area contributed by atoms with E-state index in [1.807, 2.05) is 4.90 Å². The number of para-hydroxylation sites is 1. The van der Waals surface area contributed by atoms with Crippen LogP contribution in [0, 0.1) is 0 Å². The summed E-state index contributed by atoms with van der Waals surface area (Å²) in [6.07, 6.45) is -2.67. The van der Waals surface area contributed by atoms with E-state index in [4.69, 9.17) is 16.3 Å². The fraction of sp³-hybridized carbons (Fsp3) is 0.312. The first-order chi connectivity index (χ1) is 12.1. The Kier molecular flexibility index (Phi) is 4.22. The quantitative estimate of drug-likeness (QED) is 0.720. The minimum atomic E-state index is -2.67. The number of aromatic nitrogens is 4. The largest absolute Gasteiger partial charge is 0.378 e. The molecule has 0 bridgehead atoms. The molecule has 2 aromatic heterocycles. The summed E-state index contributed by atoms with van der Waals surface area (Å²) in [5.74, 6) is 0.128. The molecule has 1 fully saturated rings. The van der Waals surface area contributed by atoms with Crippen molar-refractivity contribution < 1.29 is 13.5 Å². The van der Waals surface area contributed by atoms with Gasteiger partial charge in [-0.25, -0.2) is 23.7 Å². The Morgan fingerprint density at radius 3 is 2.72 bits per heavy atom. The molecule has 6 nitrogen and oxygen atoms in total. The van der Waals surface area contributed by atoms with Gasteiger partial charge in [-0.2, -0.15) is 0 Å². The van der Waals surface area contributed by atoms with Crippen molar-refractivity contribution in [1.82, 2.24) is 19.9 Å². The van der Waals surface area contributed by atoms with E-state index in [2.05, 4.69) is 19.9 Å². The lowest BCUT2D eigenvalue weighted by atomic mass is 10.1. The van der Waals surface area contributed by atoms with Gasteiger partial charge in [0, 0.05) is 24.7 Å². The van der Waals surface area contributed by atoms with E-state index in [1.54, 1.807) is 24.3 Å². The van der Waals surface area contributed by atoms with Crippen LogP contribution in [-0.2, 0) is 4.74 Å². The van der Waals surface area contributed by atoms with Crippen molar-refractivity contribution in [2.75, 3.05) is 31.2 Å². The highest BCUT2D eigenvalue weighted by atomic mass is 35.5. The number of imidazole rings is 1. The number of nitrogens with one attached hydrogen (secondary N) is 1. The number of anilines is 1. The molecule has 0 unspecified atom stereocenters. The van der Waals surface area contributed by atoms with E-state index in [0.29, 0.717) is 54.5 Å². The van der Waals surface area contributed by atoms with Crippen LogP contribution in [0.25, 0.3) is 22.3 Å². The standard InChI is InChI=1S/C16H14ClF2N5O/c17-12-8-11(21-16(22-12)24-4-6-25-7-5-24)9-2-1-3-10-13(9)23-15(20-10)14(18)19/h1-3,8,14H,4-7H2,(H,20,23). The van der Waals surface area contributed by atoms with E-state index < -0.39 is 6.43 Å². The highest BCUT2D eigenvalue weighted by Gasteiger charge is 2.19. The van der Waals surface area contributed by atoms with Gasteiger partial charge in [0.2, 0.25) is 5.95 Å². The van der Waals surface area contributed by atoms with Crippen molar-refractivity contribution in [3.8, 4) is 11.3 Å². The zero-order valence-electron chi connectivity index (χ0n) is 13.0. The molecule has 130 valence electrons. The maximum absolute atomic E-state index is 13.0. The number of aromatic amines is 1. The molecular formula is C16H14ClF2N5O. The number of hydrogen-bond acceptors (Lipinski definition) is 5. The number of fused-ring (bicyclic) bond motifs is 1. The van der Waals surface area contributed by atoms with Crippen LogP contribution in [0.4, 0.5) is 14.7 Å². The van der Waals surface area contributed by atoms with E-state index in [-0.39, 0.29) is 11.0 Å². The fourth-order valence-corrected chi connectivity index (χ4v) is 2.99. The Bertz CT molecular complexity index is 911. The van der Waals surface area contributed by atoms with Gasteiger partial charge in [0.05, 0.1) is 29.9 Å². The van der Waals surface area contributed by atoms with Crippen molar-refractivity contribution in [2.24, 2.45) is 0 Å². The molecular weight excluding hydrogens is 352 g/mol. The number of rotatable bonds is 3. The molecule has 0 saturated carbocycles. The van der Waals surface area contributed by atoms with Crippen LogP contribution in [0.1, 0.15) is 12.2 Å². The van der Waals surface area contributed by atoms with Gasteiger partial charge in [-0.05, 0) is 6.07 Å². The van der Waals surface area contributed by atoms with E-state index in [1.165, 1.54) is 0 Å².